The van der Waals surface area contributed by atoms with Gasteiger partial charge in [-0.25, -0.2) is 4.79 Å². The van der Waals surface area contributed by atoms with Crippen LogP contribution in [0.2, 0.25) is 0 Å². The first kappa shape index (κ1) is 18.8. The fourth-order valence-electron chi connectivity index (χ4n) is 1.22. The summed E-state index contributed by atoms with van der Waals surface area (Å²) >= 11 is 2.97. The Labute approximate surface area is 128 Å². The van der Waals surface area contributed by atoms with E-state index in [1.165, 1.54) is 12.1 Å². The Hall–Kier alpha value is -1.27. The molecule has 0 aliphatic rings. The van der Waals surface area contributed by atoms with Crippen LogP contribution in [0.15, 0.2) is 28.7 Å². The van der Waals surface area contributed by atoms with Crippen LogP contribution in [0.1, 0.15) is 10.4 Å². The molecule has 0 aromatic heterocycles. The maximum atomic E-state index is 13.2. The third-order valence-electron chi connectivity index (χ3n) is 2.25. The minimum atomic E-state index is -6.46. The van der Waals surface area contributed by atoms with Crippen LogP contribution >= 0.6 is 15.9 Å². The molecule has 0 amide bonds. The Morgan fingerprint density at radius 1 is 1.14 bits per heavy atom. The van der Waals surface area contributed by atoms with E-state index in [9.17, 15) is 35.2 Å². The van der Waals surface area contributed by atoms with Crippen molar-refractivity contribution in [2.75, 3.05) is 0 Å². The molecule has 12 heteroatoms. The SMILES string of the molecule is O=C(OC(C(F)(F)F)C(F)(F)S(=O)(=O)O)c1ccc(Br)cc1. The molecule has 1 aromatic rings. The van der Waals surface area contributed by atoms with E-state index in [0.717, 1.165) is 12.1 Å². The average Bonchev–Trinajstić information content (AvgIpc) is 2.33. The summed E-state index contributed by atoms with van der Waals surface area (Å²) in [6.07, 6.45) is -10.3. The minimum absolute atomic E-state index is 0.444. The minimum Gasteiger partial charge on any atom is -0.441 e. The van der Waals surface area contributed by atoms with E-state index in [0.29, 0.717) is 4.47 Å². The van der Waals surface area contributed by atoms with Gasteiger partial charge in [-0.15, -0.1) is 0 Å². The lowest BCUT2D eigenvalue weighted by molar-refractivity contribution is -0.248. The van der Waals surface area contributed by atoms with Gasteiger partial charge in [0, 0.05) is 4.47 Å². The number of halogens is 6. The smallest absolute Gasteiger partial charge is 0.432 e. The third-order valence-corrected chi connectivity index (χ3v) is 3.68. The second-order valence-electron chi connectivity index (χ2n) is 3.87. The molecule has 5 nitrogen and oxygen atoms in total. The van der Waals surface area contributed by atoms with Crippen LogP contribution in [0.4, 0.5) is 22.0 Å². The number of carbonyl (C=O) groups excluding carboxylic acids is 1. The molecule has 0 aliphatic heterocycles. The van der Waals surface area contributed by atoms with Crippen molar-refractivity contribution < 1.29 is 44.5 Å². The predicted octanol–water partition coefficient (Wildman–Crippen LogP) is 3.02. The van der Waals surface area contributed by atoms with Gasteiger partial charge in [-0.3, -0.25) is 4.55 Å². The highest BCUT2D eigenvalue weighted by molar-refractivity contribution is 9.10. The van der Waals surface area contributed by atoms with Crippen LogP contribution in [0.3, 0.4) is 0 Å². The maximum Gasteiger partial charge on any atom is 0.432 e. The summed E-state index contributed by atoms with van der Waals surface area (Å²) in [6.45, 7) is 0. The molecule has 0 saturated carbocycles. The maximum absolute atomic E-state index is 13.2. The summed E-state index contributed by atoms with van der Waals surface area (Å²) in [5.41, 5.74) is -0.524. The number of alkyl halides is 5. The zero-order chi connectivity index (χ0) is 17.3. The second-order valence-corrected chi connectivity index (χ2v) is 6.28. The number of hydrogen-bond acceptors (Lipinski definition) is 4. The highest BCUT2D eigenvalue weighted by Crippen LogP contribution is 2.38. The van der Waals surface area contributed by atoms with Gasteiger partial charge in [-0.1, -0.05) is 15.9 Å². The van der Waals surface area contributed by atoms with Crippen LogP contribution in [0, 0.1) is 0 Å². The first-order valence-electron chi connectivity index (χ1n) is 5.15. The van der Waals surface area contributed by atoms with Crippen molar-refractivity contribution in [2.45, 2.75) is 17.5 Å². The summed E-state index contributed by atoms with van der Waals surface area (Å²) < 4.78 is 97.1. The Kier molecular flexibility index (Phi) is 5.19. The number of benzene rings is 1. The molecule has 0 spiro atoms. The van der Waals surface area contributed by atoms with E-state index in [1.54, 1.807) is 0 Å². The van der Waals surface area contributed by atoms with Gasteiger partial charge in [0.15, 0.2) is 0 Å². The topological polar surface area (TPSA) is 80.7 Å². The quantitative estimate of drug-likeness (QED) is 0.467. The molecule has 124 valence electrons. The summed E-state index contributed by atoms with van der Waals surface area (Å²) in [4.78, 5) is 11.4. The molecule has 0 heterocycles. The molecule has 0 aliphatic carbocycles. The van der Waals surface area contributed by atoms with Crippen molar-refractivity contribution in [1.82, 2.24) is 0 Å². The van der Waals surface area contributed by atoms with E-state index in [-0.39, 0.29) is 0 Å². The molecular weight excluding hydrogens is 407 g/mol. The lowest BCUT2D eigenvalue weighted by Crippen LogP contribution is -2.52. The molecule has 1 unspecified atom stereocenters. The standard InChI is InChI=1S/C10H6BrF5O5S/c11-6-3-1-5(2-4-6)7(17)21-8(9(12,13)14)10(15,16)22(18,19)20/h1-4,8H,(H,18,19,20). The van der Waals surface area contributed by atoms with Gasteiger partial charge < -0.3 is 4.74 Å². The normalized spacial score (nSPS) is 14.5. The lowest BCUT2D eigenvalue weighted by atomic mass is 10.2. The van der Waals surface area contributed by atoms with Crippen molar-refractivity contribution in [2.24, 2.45) is 0 Å². The molecule has 22 heavy (non-hydrogen) atoms. The zero-order valence-corrected chi connectivity index (χ0v) is 12.5. The van der Waals surface area contributed by atoms with Gasteiger partial charge in [0.2, 0.25) is 0 Å². The first-order chi connectivity index (χ1) is 9.76. The molecule has 1 atom stereocenters. The number of ether oxygens (including phenoxy) is 1. The molecular formula is C10H6BrF5O5S. The van der Waals surface area contributed by atoms with Gasteiger partial charge in [-0.05, 0) is 24.3 Å². The van der Waals surface area contributed by atoms with Crippen molar-refractivity contribution in [3.63, 3.8) is 0 Å². The summed E-state index contributed by atoms with van der Waals surface area (Å²) in [7, 11) is -6.46. The van der Waals surface area contributed by atoms with Crippen LogP contribution in [0.25, 0.3) is 0 Å². The number of esters is 1. The zero-order valence-electron chi connectivity index (χ0n) is 10.1. The van der Waals surface area contributed by atoms with Gasteiger partial charge in [0.25, 0.3) is 6.10 Å². The molecule has 1 aromatic carbocycles. The third kappa shape index (κ3) is 4.14. The fourth-order valence-corrected chi connectivity index (χ4v) is 1.94. The van der Waals surface area contributed by atoms with E-state index >= 15 is 0 Å². The van der Waals surface area contributed by atoms with E-state index in [2.05, 4.69) is 20.7 Å². The number of hydrogen-bond donors (Lipinski definition) is 1. The Bertz CT molecular complexity index is 655. The Balaban J connectivity index is 3.16. The highest BCUT2D eigenvalue weighted by atomic mass is 79.9. The van der Waals surface area contributed by atoms with Crippen LogP contribution in [-0.4, -0.2) is 36.5 Å². The van der Waals surface area contributed by atoms with Crippen molar-refractivity contribution in [1.29, 1.82) is 0 Å². The average molecular weight is 413 g/mol. The highest BCUT2D eigenvalue weighted by Gasteiger charge is 2.66. The largest absolute Gasteiger partial charge is 0.441 e. The monoisotopic (exact) mass is 412 g/mol. The number of carbonyl (C=O) groups is 1. The van der Waals surface area contributed by atoms with Crippen molar-refractivity contribution in [3.05, 3.63) is 34.3 Å². The summed E-state index contributed by atoms with van der Waals surface area (Å²) in [5.74, 6) is -1.84. The van der Waals surface area contributed by atoms with E-state index in [4.69, 9.17) is 4.55 Å². The van der Waals surface area contributed by atoms with Crippen LogP contribution in [-0.2, 0) is 14.9 Å². The molecule has 0 fully saturated rings. The van der Waals surface area contributed by atoms with Gasteiger partial charge >= 0.3 is 27.5 Å². The van der Waals surface area contributed by atoms with Crippen LogP contribution in [0.5, 0.6) is 0 Å². The molecule has 1 rings (SSSR count). The van der Waals surface area contributed by atoms with Gasteiger partial charge in [0.1, 0.15) is 0 Å². The van der Waals surface area contributed by atoms with Crippen LogP contribution < -0.4 is 0 Å². The summed E-state index contributed by atoms with van der Waals surface area (Å²) in [6, 6.07) is 4.37. The van der Waals surface area contributed by atoms with E-state index in [1.807, 2.05) is 0 Å². The number of rotatable bonds is 4. The molecule has 0 bridgehead atoms. The first-order valence-corrected chi connectivity index (χ1v) is 7.38. The fraction of sp³-hybridized carbons (Fsp3) is 0.300. The van der Waals surface area contributed by atoms with Crippen molar-refractivity contribution >= 4 is 32.0 Å². The summed E-state index contributed by atoms with van der Waals surface area (Å²) in [5, 5.41) is -5.75. The second kappa shape index (κ2) is 6.08. The van der Waals surface area contributed by atoms with Gasteiger partial charge in [-0.2, -0.15) is 30.4 Å². The lowest BCUT2D eigenvalue weighted by Gasteiger charge is -2.26. The van der Waals surface area contributed by atoms with E-state index < -0.39 is 39.2 Å². The predicted molar refractivity (Wildman–Crippen MR) is 65.9 cm³/mol. The Morgan fingerprint density at radius 2 is 1.59 bits per heavy atom. The Morgan fingerprint density at radius 3 is 1.95 bits per heavy atom. The molecule has 1 N–H and O–H groups in total. The van der Waals surface area contributed by atoms with Gasteiger partial charge in [0.05, 0.1) is 5.56 Å². The molecule has 0 radical (unpaired) electrons. The molecule has 0 saturated heterocycles. The van der Waals surface area contributed by atoms with Crippen molar-refractivity contribution in [3.8, 4) is 0 Å².